The predicted octanol–water partition coefficient (Wildman–Crippen LogP) is 5.35. The van der Waals surface area contributed by atoms with Crippen LogP contribution in [0.5, 0.6) is 0 Å². The molecule has 0 aliphatic heterocycles. The summed E-state index contributed by atoms with van der Waals surface area (Å²) in [5.74, 6) is 1.75. The molecule has 0 bridgehead atoms. The normalized spacial score (nSPS) is 11.0. The van der Waals surface area contributed by atoms with Crippen molar-refractivity contribution in [3.8, 4) is 0 Å². The van der Waals surface area contributed by atoms with Crippen molar-refractivity contribution in [3.63, 3.8) is 0 Å². The molecule has 5 nitrogen and oxygen atoms in total. The molecule has 0 unspecified atom stereocenters. The van der Waals surface area contributed by atoms with Crippen molar-refractivity contribution in [1.82, 2.24) is 10.1 Å². The van der Waals surface area contributed by atoms with Crippen LogP contribution in [0.15, 0.2) is 52.1 Å². The maximum Gasteiger partial charge on any atom is 0.258 e. The molecule has 1 N–H and O–H groups in total. The Kier molecular flexibility index (Phi) is 5.96. The van der Waals surface area contributed by atoms with Crippen LogP contribution in [-0.4, -0.2) is 16.0 Å². The van der Waals surface area contributed by atoms with E-state index in [9.17, 15) is 4.79 Å². The van der Waals surface area contributed by atoms with E-state index in [1.54, 1.807) is 18.3 Å². The minimum atomic E-state index is -0.165. The lowest BCUT2D eigenvalue weighted by Gasteiger charge is -2.10. The molecule has 0 fully saturated rings. The van der Waals surface area contributed by atoms with Crippen molar-refractivity contribution in [3.05, 3.63) is 70.7 Å². The molecule has 0 aliphatic carbocycles. The number of rotatable bonds is 6. The zero-order valence-electron chi connectivity index (χ0n) is 15.9. The van der Waals surface area contributed by atoms with Crippen molar-refractivity contribution >= 4 is 23.4 Å². The first-order chi connectivity index (χ1) is 13.0. The van der Waals surface area contributed by atoms with Gasteiger partial charge >= 0.3 is 0 Å². The van der Waals surface area contributed by atoms with Gasteiger partial charge < -0.3 is 9.84 Å². The van der Waals surface area contributed by atoms with E-state index in [0.29, 0.717) is 22.3 Å². The second-order valence-electron chi connectivity index (χ2n) is 6.68. The Morgan fingerprint density at radius 3 is 2.56 bits per heavy atom. The summed E-state index contributed by atoms with van der Waals surface area (Å²) in [5, 5.41) is 7.62. The quantitative estimate of drug-likeness (QED) is 0.583. The Balaban J connectivity index is 1.73. The van der Waals surface area contributed by atoms with Gasteiger partial charge in [0.15, 0.2) is 0 Å². The Morgan fingerprint density at radius 1 is 1.19 bits per heavy atom. The van der Waals surface area contributed by atoms with Crippen LogP contribution < -0.4 is 5.32 Å². The number of nitrogens with zero attached hydrogens (tertiary/aromatic N) is 2. The monoisotopic (exact) mass is 381 g/mol. The summed E-state index contributed by atoms with van der Waals surface area (Å²) in [6.07, 6.45) is 1.70. The van der Waals surface area contributed by atoms with Gasteiger partial charge in [-0.15, -0.1) is 11.8 Å². The van der Waals surface area contributed by atoms with Crippen LogP contribution >= 0.6 is 11.8 Å². The zero-order chi connectivity index (χ0) is 19.4. The highest BCUT2D eigenvalue weighted by molar-refractivity contribution is 7.98. The first kappa shape index (κ1) is 19.2. The number of carbonyl (C=O) groups is 1. The molecular weight excluding hydrogens is 358 g/mol. The number of anilines is 1. The van der Waals surface area contributed by atoms with Crippen molar-refractivity contribution in [2.75, 3.05) is 5.32 Å². The number of amides is 1. The smallest absolute Gasteiger partial charge is 0.258 e. The number of hydrogen-bond donors (Lipinski definition) is 1. The minimum Gasteiger partial charge on any atom is -0.361 e. The fourth-order valence-electron chi connectivity index (χ4n) is 2.68. The standard InChI is InChI=1S/C21H23N3O2S/c1-13(2)16-7-9-17(10-8-16)23-20(25)18-6-5-11-22-21(18)27-12-19-14(3)24-26-15(19)4/h5-11,13H,12H2,1-4H3,(H,23,25). The van der Waals surface area contributed by atoms with Crippen molar-refractivity contribution in [2.24, 2.45) is 0 Å². The molecule has 140 valence electrons. The van der Waals surface area contributed by atoms with Gasteiger partial charge in [0.05, 0.1) is 11.3 Å². The number of benzene rings is 1. The zero-order valence-corrected chi connectivity index (χ0v) is 16.8. The Labute approximate surface area is 163 Å². The second kappa shape index (κ2) is 8.39. The lowest BCUT2D eigenvalue weighted by Crippen LogP contribution is -2.13. The Morgan fingerprint density at radius 2 is 1.93 bits per heavy atom. The summed E-state index contributed by atoms with van der Waals surface area (Å²) >= 11 is 1.51. The van der Waals surface area contributed by atoms with E-state index < -0.39 is 0 Å². The van der Waals surface area contributed by atoms with E-state index in [-0.39, 0.29) is 5.91 Å². The number of pyridine rings is 1. The summed E-state index contributed by atoms with van der Waals surface area (Å²) < 4.78 is 5.20. The van der Waals surface area contributed by atoms with Gasteiger partial charge in [0, 0.05) is 23.2 Å². The third kappa shape index (κ3) is 4.57. The molecule has 3 aromatic rings. The highest BCUT2D eigenvalue weighted by Gasteiger charge is 2.16. The summed E-state index contributed by atoms with van der Waals surface area (Å²) in [6, 6.07) is 11.5. The van der Waals surface area contributed by atoms with Crippen molar-refractivity contribution in [2.45, 2.75) is 44.4 Å². The number of aryl methyl sites for hydroxylation is 2. The van der Waals surface area contributed by atoms with Crippen LogP contribution in [0.3, 0.4) is 0 Å². The lowest BCUT2D eigenvalue weighted by atomic mass is 10.0. The van der Waals surface area contributed by atoms with Crippen LogP contribution in [0.4, 0.5) is 5.69 Å². The number of thioether (sulfide) groups is 1. The van der Waals surface area contributed by atoms with Gasteiger partial charge in [0.1, 0.15) is 10.8 Å². The lowest BCUT2D eigenvalue weighted by molar-refractivity contribution is 0.102. The average Bonchev–Trinajstić information content (AvgIpc) is 2.98. The largest absolute Gasteiger partial charge is 0.361 e. The molecule has 6 heteroatoms. The number of carbonyl (C=O) groups excluding carboxylic acids is 1. The molecule has 0 saturated carbocycles. The van der Waals surface area contributed by atoms with E-state index in [2.05, 4.69) is 29.3 Å². The molecule has 2 aromatic heterocycles. The maximum atomic E-state index is 12.8. The second-order valence-corrected chi connectivity index (χ2v) is 7.64. The molecule has 1 amide bonds. The molecule has 1 aromatic carbocycles. The highest BCUT2D eigenvalue weighted by atomic mass is 32.2. The van der Waals surface area contributed by atoms with Gasteiger partial charge in [-0.3, -0.25) is 4.79 Å². The van der Waals surface area contributed by atoms with Gasteiger partial charge in [-0.05, 0) is 49.6 Å². The average molecular weight is 382 g/mol. The first-order valence-electron chi connectivity index (χ1n) is 8.86. The summed E-state index contributed by atoms with van der Waals surface area (Å²) in [5.41, 5.74) is 4.48. The predicted molar refractivity (Wildman–Crippen MR) is 108 cm³/mol. The molecule has 0 radical (unpaired) electrons. The Bertz CT molecular complexity index is 913. The third-order valence-corrected chi connectivity index (χ3v) is 5.42. The first-order valence-corrected chi connectivity index (χ1v) is 9.85. The van der Waals surface area contributed by atoms with E-state index in [0.717, 1.165) is 22.7 Å². The Hall–Kier alpha value is -2.60. The minimum absolute atomic E-state index is 0.165. The molecule has 0 saturated heterocycles. The fourth-order valence-corrected chi connectivity index (χ4v) is 3.82. The van der Waals surface area contributed by atoms with E-state index in [1.807, 2.05) is 38.1 Å². The maximum absolute atomic E-state index is 12.8. The van der Waals surface area contributed by atoms with Gasteiger partial charge in [-0.25, -0.2) is 4.98 Å². The van der Waals surface area contributed by atoms with E-state index in [1.165, 1.54) is 17.3 Å². The fraction of sp³-hybridized carbons (Fsp3) is 0.286. The van der Waals surface area contributed by atoms with Crippen molar-refractivity contribution in [1.29, 1.82) is 0 Å². The SMILES string of the molecule is Cc1noc(C)c1CSc1ncccc1C(=O)Nc1ccc(C(C)C)cc1. The summed E-state index contributed by atoms with van der Waals surface area (Å²) in [7, 11) is 0. The van der Waals surface area contributed by atoms with Crippen LogP contribution in [0.25, 0.3) is 0 Å². The van der Waals surface area contributed by atoms with E-state index >= 15 is 0 Å². The molecule has 0 spiro atoms. The summed E-state index contributed by atoms with van der Waals surface area (Å²) in [4.78, 5) is 17.1. The van der Waals surface area contributed by atoms with Gasteiger partial charge in [-0.1, -0.05) is 31.1 Å². The van der Waals surface area contributed by atoms with Crippen LogP contribution in [-0.2, 0) is 5.75 Å². The molecule has 2 heterocycles. The highest BCUT2D eigenvalue weighted by Crippen LogP contribution is 2.27. The summed E-state index contributed by atoms with van der Waals surface area (Å²) in [6.45, 7) is 8.10. The third-order valence-electron chi connectivity index (χ3n) is 4.39. The topological polar surface area (TPSA) is 68.0 Å². The number of aromatic nitrogens is 2. The number of nitrogens with one attached hydrogen (secondary N) is 1. The molecule has 0 atom stereocenters. The molecular formula is C21H23N3O2S. The van der Waals surface area contributed by atoms with Gasteiger partial charge in [0.2, 0.25) is 0 Å². The van der Waals surface area contributed by atoms with Crippen LogP contribution in [0, 0.1) is 13.8 Å². The molecule has 0 aliphatic rings. The van der Waals surface area contributed by atoms with Crippen LogP contribution in [0.2, 0.25) is 0 Å². The molecule has 3 rings (SSSR count). The van der Waals surface area contributed by atoms with Gasteiger partial charge in [0.25, 0.3) is 5.91 Å². The van der Waals surface area contributed by atoms with Gasteiger partial charge in [-0.2, -0.15) is 0 Å². The van der Waals surface area contributed by atoms with Crippen LogP contribution in [0.1, 0.15) is 52.7 Å². The number of hydrogen-bond acceptors (Lipinski definition) is 5. The van der Waals surface area contributed by atoms with Crippen molar-refractivity contribution < 1.29 is 9.32 Å². The molecule has 27 heavy (non-hydrogen) atoms. The van der Waals surface area contributed by atoms with E-state index in [4.69, 9.17) is 4.52 Å².